The van der Waals surface area contributed by atoms with Crippen LogP contribution in [0.1, 0.15) is 5.56 Å². The predicted octanol–water partition coefficient (Wildman–Crippen LogP) is 4.47. The first-order valence-corrected chi connectivity index (χ1v) is 10.7. The van der Waals surface area contributed by atoms with E-state index in [1.807, 2.05) is 0 Å². The van der Waals surface area contributed by atoms with Crippen molar-refractivity contribution in [3.05, 3.63) is 64.1 Å². The number of fused-ring (bicyclic) bond motifs is 3. The van der Waals surface area contributed by atoms with Crippen LogP contribution in [0.25, 0.3) is 44.6 Å². The summed E-state index contributed by atoms with van der Waals surface area (Å²) >= 11 is 0. The van der Waals surface area contributed by atoms with Crippen LogP contribution in [0.4, 0.5) is 4.39 Å². The fraction of sp³-hybridized carbons (Fsp3) is 0.0769. The number of aromatic hydroxyl groups is 4. The third-order valence-electron chi connectivity index (χ3n) is 5.85. The maximum Gasteiger partial charge on any atom is 0.307 e. The van der Waals surface area contributed by atoms with Gasteiger partial charge in [-0.15, -0.1) is 0 Å². The average molecular weight is 508 g/mol. The van der Waals surface area contributed by atoms with Gasteiger partial charge in [0.2, 0.25) is 11.2 Å². The zero-order valence-electron chi connectivity index (χ0n) is 18.9. The van der Waals surface area contributed by atoms with E-state index >= 15 is 0 Å². The number of benzene rings is 3. The molecule has 0 saturated carbocycles. The molecule has 5 rings (SSSR count). The number of furan rings is 1. The highest BCUT2D eigenvalue weighted by molar-refractivity contribution is 6.10. The van der Waals surface area contributed by atoms with Gasteiger partial charge >= 0.3 is 5.97 Å². The number of phenolic OH excluding ortho intramolecular Hbond substituents is 3. The average Bonchev–Trinajstić information content (AvgIpc) is 3.20. The van der Waals surface area contributed by atoms with E-state index in [0.29, 0.717) is 0 Å². The van der Waals surface area contributed by atoms with Crippen LogP contribution in [-0.2, 0) is 11.2 Å². The third kappa shape index (κ3) is 3.73. The normalized spacial score (nSPS) is 11.3. The molecule has 0 radical (unpaired) electrons. The Morgan fingerprint density at radius 1 is 0.892 bits per heavy atom. The lowest BCUT2D eigenvalue weighted by Crippen LogP contribution is -2.05. The molecule has 0 aliphatic rings. The van der Waals surface area contributed by atoms with Gasteiger partial charge in [0.1, 0.15) is 22.5 Å². The Labute approximate surface area is 205 Å². The Morgan fingerprint density at radius 2 is 1.59 bits per heavy atom. The molecule has 0 fully saturated rings. The van der Waals surface area contributed by atoms with E-state index in [0.717, 1.165) is 24.3 Å². The summed E-state index contributed by atoms with van der Waals surface area (Å²) in [5.41, 5.74) is -1.23. The minimum atomic E-state index is -1.27. The molecule has 188 valence electrons. The lowest BCUT2D eigenvalue weighted by molar-refractivity contribution is -0.136. The second-order valence-corrected chi connectivity index (χ2v) is 8.11. The van der Waals surface area contributed by atoms with Crippen LogP contribution >= 0.6 is 0 Å². The van der Waals surface area contributed by atoms with Gasteiger partial charge in [-0.3, -0.25) is 9.59 Å². The maximum atomic E-state index is 14.5. The van der Waals surface area contributed by atoms with E-state index in [1.165, 1.54) is 25.3 Å². The SMILES string of the molecule is COc1ccc(-c2oc3cc(O)c4c(=O)c(O)c(-c5ccc(O)c(O)c5)oc4c3c2CC(=O)O)cc1F. The van der Waals surface area contributed by atoms with E-state index in [9.17, 15) is 39.5 Å². The fourth-order valence-electron chi connectivity index (χ4n) is 4.19. The molecule has 0 aliphatic heterocycles. The molecule has 3 aromatic carbocycles. The second kappa shape index (κ2) is 8.48. The predicted molar refractivity (Wildman–Crippen MR) is 128 cm³/mol. The molecule has 11 heteroatoms. The second-order valence-electron chi connectivity index (χ2n) is 8.11. The van der Waals surface area contributed by atoms with Crippen LogP contribution in [0, 0.1) is 5.82 Å². The molecule has 0 atom stereocenters. The number of ether oxygens (including phenoxy) is 1. The van der Waals surface area contributed by atoms with Crippen LogP contribution < -0.4 is 10.2 Å². The highest BCUT2D eigenvalue weighted by atomic mass is 19.1. The van der Waals surface area contributed by atoms with E-state index in [1.54, 1.807) is 0 Å². The summed E-state index contributed by atoms with van der Waals surface area (Å²) in [6, 6.07) is 8.32. The van der Waals surface area contributed by atoms with Crippen molar-refractivity contribution in [3.8, 4) is 51.4 Å². The molecule has 5 N–H and O–H groups in total. The van der Waals surface area contributed by atoms with Crippen molar-refractivity contribution in [2.45, 2.75) is 6.42 Å². The number of hydrogen-bond donors (Lipinski definition) is 5. The number of carboxylic acid groups (broad SMARTS) is 1. The Hall–Kier alpha value is -5.19. The smallest absolute Gasteiger partial charge is 0.307 e. The maximum absolute atomic E-state index is 14.5. The van der Waals surface area contributed by atoms with Crippen molar-refractivity contribution in [3.63, 3.8) is 0 Å². The number of phenols is 3. The number of methoxy groups -OCH3 is 1. The van der Waals surface area contributed by atoms with Crippen LogP contribution in [0.2, 0.25) is 0 Å². The van der Waals surface area contributed by atoms with Crippen molar-refractivity contribution in [2.24, 2.45) is 0 Å². The molecule has 2 aromatic heterocycles. The minimum Gasteiger partial charge on any atom is -0.507 e. The first kappa shape index (κ1) is 23.5. The summed E-state index contributed by atoms with van der Waals surface area (Å²) in [4.78, 5) is 24.8. The Kier molecular flexibility index (Phi) is 5.40. The number of rotatable bonds is 5. The first-order chi connectivity index (χ1) is 17.6. The standard InChI is InChI=1S/C26H17FO10/c1-35-17-5-3-10(6-13(17)27)24-12(8-19(31)32)20-18(36-24)9-16(30)21-22(33)23(34)25(37-26(20)21)11-2-4-14(28)15(29)7-11/h2-7,9,28-30,34H,8H2,1H3,(H,31,32). The zero-order chi connectivity index (χ0) is 26.6. The van der Waals surface area contributed by atoms with Gasteiger partial charge in [0, 0.05) is 22.8 Å². The molecular formula is C26H17FO10. The molecule has 10 nitrogen and oxygen atoms in total. The van der Waals surface area contributed by atoms with E-state index < -0.39 is 57.8 Å². The molecule has 0 aliphatic carbocycles. The molecule has 0 spiro atoms. The molecule has 0 unspecified atom stereocenters. The number of halogens is 1. The highest BCUT2D eigenvalue weighted by Gasteiger charge is 2.27. The molecule has 0 saturated heterocycles. The van der Waals surface area contributed by atoms with Crippen molar-refractivity contribution in [1.29, 1.82) is 0 Å². The van der Waals surface area contributed by atoms with Crippen LogP contribution in [0.3, 0.4) is 0 Å². The van der Waals surface area contributed by atoms with Crippen molar-refractivity contribution < 1.29 is 48.3 Å². The summed E-state index contributed by atoms with van der Waals surface area (Å²) in [6.07, 6.45) is -0.629. The zero-order valence-corrected chi connectivity index (χ0v) is 18.9. The minimum absolute atomic E-state index is 0.00257. The number of carbonyl (C=O) groups is 1. The number of aliphatic carboxylic acids is 1. The van der Waals surface area contributed by atoms with Crippen LogP contribution in [0.15, 0.2) is 56.1 Å². The van der Waals surface area contributed by atoms with Gasteiger partial charge in [-0.1, -0.05) is 0 Å². The van der Waals surface area contributed by atoms with Crippen molar-refractivity contribution in [2.75, 3.05) is 7.11 Å². The topological polar surface area (TPSA) is 171 Å². The fourth-order valence-corrected chi connectivity index (χ4v) is 4.19. The largest absolute Gasteiger partial charge is 0.507 e. The lowest BCUT2D eigenvalue weighted by atomic mass is 10.00. The van der Waals surface area contributed by atoms with Gasteiger partial charge in [-0.2, -0.15) is 0 Å². The molecular weight excluding hydrogens is 491 g/mol. The number of carboxylic acids is 1. The Morgan fingerprint density at radius 3 is 2.24 bits per heavy atom. The molecule has 5 aromatic rings. The Bertz CT molecular complexity index is 1800. The van der Waals surface area contributed by atoms with Gasteiger partial charge in [0.15, 0.2) is 34.4 Å². The summed E-state index contributed by atoms with van der Waals surface area (Å²) in [5.74, 6) is -5.05. The number of hydrogen-bond acceptors (Lipinski definition) is 9. The van der Waals surface area contributed by atoms with Gasteiger partial charge in [0.25, 0.3) is 0 Å². The van der Waals surface area contributed by atoms with Gasteiger partial charge in [-0.25, -0.2) is 4.39 Å². The van der Waals surface area contributed by atoms with E-state index in [4.69, 9.17) is 13.6 Å². The van der Waals surface area contributed by atoms with Crippen LogP contribution in [-0.4, -0.2) is 38.6 Å². The van der Waals surface area contributed by atoms with Crippen molar-refractivity contribution >= 4 is 27.9 Å². The summed E-state index contributed by atoms with van der Waals surface area (Å²) in [7, 11) is 1.28. The third-order valence-corrected chi connectivity index (χ3v) is 5.85. The summed E-state index contributed by atoms with van der Waals surface area (Å²) in [6.45, 7) is 0. The van der Waals surface area contributed by atoms with Crippen molar-refractivity contribution in [1.82, 2.24) is 0 Å². The quantitative estimate of drug-likeness (QED) is 0.213. The van der Waals surface area contributed by atoms with Crippen LogP contribution in [0.5, 0.6) is 28.7 Å². The van der Waals surface area contributed by atoms with Gasteiger partial charge < -0.3 is 39.1 Å². The molecule has 0 bridgehead atoms. The Balaban J connectivity index is 1.90. The van der Waals surface area contributed by atoms with E-state index in [-0.39, 0.29) is 44.8 Å². The van der Waals surface area contributed by atoms with Gasteiger partial charge in [-0.05, 0) is 36.4 Å². The monoisotopic (exact) mass is 508 g/mol. The van der Waals surface area contributed by atoms with Gasteiger partial charge in [0.05, 0.1) is 18.9 Å². The molecule has 37 heavy (non-hydrogen) atoms. The first-order valence-electron chi connectivity index (χ1n) is 10.7. The van der Waals surface area contributed by atoms with E-state index in [2.05, 4.69) is 0 Å². The summed E-state index contributed by atoms with van der Waals surface area (Å²) in [5, 5.41) is 49.8. The molecule has 0 amide bonds. The molecule has 2 heterocycles. The highest BCUT2D eigenvalue weighted by Crippen LogP contribution is 2.44. The summed E-state index contributed by atoms with van der Waals surface area (Å²) < 4.78 is 31.0. The lowest BCUT2D eigenvalue weighted by Gasteiger charge is -2.09.